The van der Waals surface area contributed by atoms with E-state index in [-0.39, 0.29) is 42.2 Å². The largest absolute Gasteiger partial charge is 1.00 e. The van der Waals surface area contributed by atoms with Crippen LogP contribution in [0.5, 0.6) is 0 Å². The Morgan fingerprint density at radius 3 is 1.60 bits per heavy atom. The molecule has 3 aromatic carbocycles. The highest BCUT2D eigenvalue weighted by Crippen LogP contribution is 2.48. The lowest BCUT2D eigenvalue weighted by Gasteiger charge is -2.36. The molecule has 0 aliphatic rings. The molecule has 14 heteroatoms. The summed E-state index contributed by atoms with van der Waals surface area (Å²) in [4.78, 5) is 66.1. The molecule has 12 nitrogen and oxygen atoms in total. The highest BCUT2D eigenvalue weighted by Gasteiger charge is 2.39. The summed E-state index contributed by atoms with van der Waals surface area (Å²) >= 11 is 1.47. The van der Waals surface area contributed by atoms with Crippen LogP contribution in [0.4, 0.5) is 4.79 Å². The zero-order valence-electron chi connectivity index (χ0n) is 34.6. The Labute approximate surface area is 352 Å². The van der Waals surface area contributed by atoms with Gasteiger partial charge in [-0.25, -0.2) is 9.59 Å². The smallest absolute Gasteiger partial charge is 0.408 e. The molecular weight excluding hydrogens is 812 g/mol. The Bertz CT molecular complexity index is 1650. The summed E-state index contributed by atoms with van der Waals surface area (Å²) < 4.78 is 16.0. The zero-order chi connectivity index (χ0) is 41.6. The molecule has 3 rings (SSSR count). The fourth-order valence-corrected chi connectivity index (χ4v) is 7.10. The van der Waals surface area contributed by atoms with Crippen LogP contribution < -0.4 is 32.9 Å². The average Bonchev–Trinajstić information content (AvgIpc) is 3.11. The van der Waals surface area contributed by atoms with Crippen molar-refractivity contribution in [2.75, 3.05) is 46.6 Å². The van der Waals surface area contributed by atoms with Gasteiger partial charge in [-0.15, -0.1) is 11.8 Å². The minimum absolute atomic E-state index is 0. The molecule has 0 saturated carbocycles. The van der Waals surface area contributed by atoms with E-state index in [1.807, 2.05) is 112 Å². The number of esters is 2. The van der Waals surface area contributed by atoms with Gasteiger partial charge in [-0.3, -0.25) is 14.4 Å². The van der Waals surface area contributed by atoms with Gasteiger partial charge in [-0.2, -0.15) is 0 Å². The van der Waals surface area contributed by atoms with E-state index in [4.69, 9.17) is 14.2 Å². The summed E-state index contributed by atoms with van der Waals surface area (Å²) in [5.74, 6) is -2.40. The standard InChI is InChI=1S/C43H58N4O8S.BrH/c1-41(2,3)54-39(51)34(46-40(52)55-42(4,5)6)25-26-36(48)45-35(38(50)44-29-37(49)53-28-27-47(7,8)9)30-56-43(31-19-13-10-14-20-31,32-21-15-11-16-22-32)33-23-17-12-18-24-33;/h10-24,34-35H,25-30H2,1-9H3,(H2-,44,45,46,48,50,52);1H. The molecule has 0 bridgehead atoms. The molecule has 0 aliphatic carbocycles. The maximum absolute atomic E-state index is 13.9. The van der Waals surface area contributed by atoms with Crippen LogP contribution >= 0.6 is 11.8 Å². The number of alkyl carbamates (subject to hydrolysis) is 1. The molecule has 0 fully saturated rings. The molecule has 312 valence electrons. The lowest BCUT2D eigenvalue weighted by atomic mass is 9.84. The molecule has 0 aromatic heterocycles. The molecule has 57 heavy (non-hydrogen) atoms. The van der Waals surface area contributed by atoms with Crippen molar-refractivity contribution >= 4 is 41.6 Å². The van der Waals surface area contributed by atoms with Crippen LogP contribution in [0.3, 0.4) is 0 Å². The van der Waals surface area contributed by atoms with E-state index in [0.717, 1.165) is 16.7 Å². The predicted octanol–water partition coefficient (Wildman–Crippen LogP) is 2.58. The van der Waals surface area contributed by atoms with Crippen LogP contribution in [0.2, 0.25) is 0 Å². The van der Waals surface area contributed by atoms with E-state index >= 15 is 0 Å². The lowest BCUT2D eigenvalue weighted by Crippen LogP contribution is -3.00. The zero-order valence-corrected chi connectivity index (χ0v) is 37.0. The number of carbonyl (C=O) groups is 5. The van der Waals surface area contributed by atoms with Crippen LogP contribution in [-0.4, -0.2) is 104 Å². The van der Waals surface area contributed by atoms with Gasteiger partial charge in [0, 0.05) is 12.2 Å². The van der Waals surface area contributed by atoms with Crippen LogP contribution in [0.15, 0.2) is 91.0 Å². The highest BCUT2D eigenvalue weighted by atomic mass is 79.9. The number of likely N-dealkylation sites (N-methyl/N-ethyl adjacent to an activating group) is 1. The second kappa shape index (κ2) is 21.9. The third kappa shape index (κ3) is 16.9. The number of rotatable bonds is 18. The Kier molecular flexibility index (Phi) is 18.8. The van der Waals surface area contributed by atoms with Crippen molar-refractivity contribution in [1.82, 2.24) is 16.0 Å². The van der Waals surface area contributed by atoms with Gasteiger partial charge in [0.15, 0.2) is 0 Å². The molecule has 3 amide bonds. The summed E-state index contributed by atoms with van der Waals surface area (Å²) in [5.41, 5.74) is 1.19. The van der Waals surface area contributed by atoms with Crippen LogP contribution in [0.1, 0.15) is 71.1 Å². The molecule has 0 radical (unpaired) electrons. The van der Waals surface area contributed by atoms with Crippen LogP contribution in [0.25, 0.3) is 0 Å². The molecule has 2 atom stereocenters. The Morgan fingerprint density at radius 2 is 1.16 bits per heavy atom. The van der Waals surface area contributed by atoms with E-state index in [9.17, 15) is 24.0 Å². The molecule has 3 N–H and O–H groups in total. The van der Waals surface area contributed by atoms with Crippen molar-refractivity contribution in [2.24, 2.45) is 0 Å². The molecule has 2 unspecified atom stereocenters. The number of amides is 3. The fraction of sp³-hybridized carbons (Fsp3) is 0.465. The summed E-state index contributed by atoms with van der Waals surface area (Å²) in [6.07, 6.45) is -1.22. The molecule has 0 spiro atoms. The van der Waals surface area contributed by atoms with E-state index in [1.165, 1.54) is 11.8 Å². The lowest BCUT2D eigenvalue weighted by molar-refractivity contribution is -0.870. The number of hydrogen-bond acceptors (Lipinski definition) is 9. The Hall–Kier alpha value is -4.40. The van der Waals surface area contributed by atoms with Crippen molar-refractivity contribution in [3.63, 3.8) is 0 Å². The van der Waals surface area contributed by atoms with Crippen molar-refractivity contribution in [3.05, 3.63) is 108 Å². The van der Waals surface area contributed by atoms with Gasteiger partial charge in [0.25, 0.3) is 0 Å². The maximum Gasteiger partial charge on any atom is 0.408 e. The minimum Gasteiger partial charge on any atom is -1.00 e. The number of benzene rings is 3. The number of thioether (sulfide) groups is 1. The predicted molar refractivity (Wildman–Crippen MR) is 219 cm³/mol. The van der Waals surface area contributed by atoms with Gasteiger partial charge in [-0.1, -0.05) is 91.0 Å². The topological polar surface area (TPSA) is 149 Å². The molecule has 0 aliphatic heterocycles. The van der Waals surface area contributed by atoms with Crippen molar-refractivity contribution in [2.45, 2.75) is 82.4 Å². The third-order valence-electron chi connectivity index (χ3n) is 8.13. The number of ether oxygens (including phenoxy) is 3. The molecule has 3 aromatic rings. The van der Waals surface area contributed by atoms with E-state index < -0.39 is 64.4 Å². The van der Waals surface area contributed by atoms with Gasteiger partial charge >= 0.3 is 18.0 Å². The number of carbonyl (C=O) groups excluding carboxylic acids is 5. The second-order valence-corrected chi connectivity index (χ2v) is 17.7. The number of quaternary nitrogens is 1. The SMILES string of the molecule is CC(C)(C)OC(=O)NC(CCC(=O)NC(CSC(c1ccccc1)(c1ccccc1)c1ccccc1)C(=O)NCC(=O)OCC[N+](C)(C)C)C(=O)OC(C)(C)C.[Br-]. The van der Waals surface area contributed by atoms with Gasteiger partial charge in [0.1, 0.15) is 43.0 Å². The summed E-state index contributed by atoms with van der Waals surface area (Å²) in [6.45, 7) is 10.5. The van der Waals surface area contributed by atoms with Gasteiger partial charge in [0.2, 0.25) is 11.8 Å². The Balaban J connectivity index is 0.0000112. The fourth-order valence-electron chi connectivity index (χ4n) is 5.54. The summed E-state index contributed by atoms with van der Waals surface area (Å²) in [7, 11) is 5.93. The summed E-state index contributed by atoms with van der Waals surface area (Å²) in [6, 6.07) is 27.4. The van der Waals surface area contributed by atoms with Gasteiger partial charge < -0.3 is 51.6 Å². The van der Waals surface area contributed by atoms with Crippen molar-refractivity contribution in [3.8, 4) is 0 Å². The maximum atomic E-state index is 13.9. The second-order valence-electron chi connectivity index (χ2n) is 16.4. The van der Waals surface area contributed by atoms with Crippen LogP contribution in [0, 0.1) is 0 Å². The Morgan fingerprint density at radius 1 is 0.684 bits per heavy atom. The first kappa shape index (κ1) is 48.7. The van der Waals surface area contributed by atoms with Gasteiger partial charge in [0.05, 0.1) is 25.9 Å². The van der Waals surface area contributed by atoms with E-state index in [1.54, 1.807) is 41.5 Å². The summed E-state index contributed by atoms with van der Waals surface area (Å²) in [5, 5.41) is 8.03. The first-order valence-electron chi connectivity index (χ1n) is 18.7. The van der Waals surface area contributed by atoms with Crippen molar-refractivity contribution < 1.29 is 59.6 Å². The monoisotopic (exact) mass is 870 g/mol. The van der Waals surface area contributed by atoms with Crippen LogP contribution in [-0.2, 0) is 38.1 Å². The van der Waals surface area contributed by atoms with Crippen molar-refractivity contribution in [1.29, 1.82) is 0 Å². The molecule has 0 saturated heterocycles. The number of halogens is 1. The first-order valence-corrected chi connectivity index (χ1v) is 19.7. The average molecular weight is 872 g/mol. The molecular formula is C43H59BrN4O8S. The highest BCUT2D eigenvalue weighted by molar-refractivity contribution is 8.00. The number of hydrogen-bond donors (Lipinski definition) is 3. The molecule has 0 heterocycles. The third-order valence-corrected chi connectivity index (χ3v) is 9.77. The van der Waals surface area contributed by atoms with Gasteiger partial charge in [-0.05, 0) is 64.7 Å². The van der Waals surface area contributed by atoms with E-state index in [0.29, 0.717) is 11.0 Å². The first-order chi connectivity index (χ1) is 26.2. The normalized spacial score (nSPS) is 12.9. The number of nitrogens with one attached hydrogen (secondary N) is 3. The minimum atomic E-state index is -1.21. The number of nitrogens with zero attached hydrogens (tertiary/aromatic N) is 1. The van der Waals surface area contributed by atoms with E-state index in [2.05, 4.69) is 16.0 Å². The quantitative estimate of drug-likeness (QED) is 0.0760.